The van der Waals surface area contributed by atoms with Crippen molar-refractivity contribution in [3.8, 4) is 0 Å². The van der Waals surface area contributed by atoms with Gasteiger partial charge in [-0.25, -0.2) is 4.79 Å². The maximum Gasteiger partial charge on any atom is 0.408 e. The lowest BCUT2D eigenvalue weighted by Crippen LogP contribution is -2.50. The topological polar surface area (TPSA) is 81.7 Å². The van der Waals surface area contributed by atoms with Gasteiger partial charge in [-0.1, -0.05) is 30.3 Å². The number of rotatable bonds is 5. The van der Waals surface area contributed by atoms with Crippen molar-refractivity contribution in [1.82, 2.24) is 5.32 Å². The first-order valence-corrected chi connectivity index (χ1v) is 8.95. The predicted molar refractivity (Wildman–Crippen MR) is 96.5 cm³/mol. The Morgan fingerprint density at radius 2 is 1.88 bits per heavy atom. The maximum atomic E-state index is 12.8. The monoisotopic (exact) mass is 361 g/mol. The third-order valence-electron chi connectivity index (χ3n) is 4.40. The number of alkyl carbamates (subject to hydrolysis) is 1. The Bertz CT molecular complexity index is 665. The molecule has 1 aromatic rings. The molecule has 1 aromatic carbocycles. The van der Waals surface area contributed by atoms with Crippen LogP contribution < -0.4 is 5.32 Å². The molecule has 142 valence electrons. The molecule has 1 saturated carbocycles. The van der Waals surface area contributed by atoms with E-state index in [-0.39, 0.29) is 18.8 Å². The predicted octanol–water partition coefficient (Wildman–Crippen LogP) is 3.55. The van der Waals surface area contributed by atoms with Crippen LogP contribution in [0.2, 0.25) is 0 Å². The summed E-state index contributed by atoms with van der Waals surface area (Å²) in [5.74, 6) is -0.798. The molecule has 0 aliphatic heterocycles. The highest BCUT2D eigenvalue weighted by atomic mass is 16.6. The number of hydrogen-bond acceptors (Lipinski definition) is 5. The minimum atomic E-state index is -1.42. The molecule has 2 rings (SSSR count). The smallest absolute Gasteiger partial charge is 0.408 e. The van der Waals surface area contributed by atoms with E-state index in [0.29, 0.717) is 18.4 Å². The third-order valence-corrected chi connectivity index (χ3v) is 4.40. The first kappa shape index (κ1) is 19.9. The van der Waals surface area contributed by atoms with Gasteiger partial charge in [0, 0.05) is 6.42 Å². The number of ketones is 1. The average molecular weight is 361 g/mol. The molecule has 0 aromatic heterocycles. The number of nitrogens with one attached hydrogen (secondary N) is 1. The van der Waals surface area contributed by atoms with Crippen LogP contribution in [0.5, 0.6) is 0 Å². The summed E-state index contributed by atoms with van der Waals surface area (Å²) in [6, 6.07) is 8.17. The van der Waals surface area contributed by atoms with Gasteiger partial charge < -0.3 is 14.8 Å². The van der Waals surface area contributed by atoms with Gasteiger partial charge in [-0.3, -0.25) is 9.59 Å². The van der Waals surface area contributed by atoms with Gasteiger partial charge >= 0.3 is 12.1 Å². The fraction of sp³-hybridized carbons (Fsp3) is 0.550. The highest BCUT2D eigenvalue weighted by molar-refractivity contribution is 6.06. The summed E-state index contributed by atoms with van der Waals surface area (Å²) in [5, 5.41) is 2.76. The quantitative estimate of drug-likeness (QED) is 0.641. The second-order valence-electron chi connectivity index (χ2n) is 7.46. The number of carbonyl (C=O) groups is 3. The summed E-state index contributed by atoms with van der Waals surface area (Å²) < 4.78 is 10.6. The minimum Gasteiger partial charge on any atom is -0.465 e. The summed E-state index contributed by atoms with van der Waals surface area (Å²) in [4.78, 5) is 38.1. The number of amides is 1. The van der Waals surface area contributed by atoms with E-state index in [1.807, 2.05) is 6.07 Å². The molecule has 1 fully saturated rings. The van der Waals surface area contributed by atoms with Crippen molar-refractivity contribution in [2.24, 2.45) is 5.41 Å². The van der Waals surface area contributed by atoms with Crippen molar-refractivity contribution < 1.29 is 23.9 Å². The van der Waals surface area contributed by atoms with Gasteiger partial charge in [-0.15, -0.1) is 0 Å². The molecular formula is C20H27NO5. The minimum absolute atomic E-state index is 0.168. The molecule has 2 atom stereocenters. The zero-order valence-corrected chi connectivity index (χ0v) is 15.8. The fourth-order valence-electron chi connectivity index (χ4n) is 3.35. The molecule has 0 heterocycles. The van der Waals surface area contributed by atoms with E-state index in [4.69, 9.17) is 9.47 Å². The summed E-state index contributed by atoms with van der Waals surface area (Å²) >= 11 is 0. The number of ether oxygens (including phenoxy) is 2. The second kappa shape index (κ2) is 7.89. The van der Waals surface area contributed by atoms with Gasteiger partial charge in [-0.05, 0) is 46.1 Å². The lowest BCUT2D eigenvalue weighted by atomic mass is 9.74. The van der Waals surface area contributed by atoms with Crippen LogP contribution in [-0.2, 0) is 19.1 Å². The Kier molecular flexibility index (Phi) is 6.05. The fourth-order valence-corrected chi connectivity index (χ4v) is 3.35. The number of hydrogen-bond donors (Lipinski definition) is 1. The van der Waals surface area contributed by atoms with Gasteiger partial charge in [0.15, 0.2) is 11.2 Å². The molecular weight excluding hydrogens is 334 g/mol. The SMILES string of the molecule is CCOC(=O)[C@@]1([C@@H](NC(=O)OC(C)(C)C)c2ccccc2)CCCC1=O. The second-order valence-corrected chi connectivity index (χ2v) is 7.46. The number of Topliss-reactive ketones (excluding diaryl/α,β-unsaturated/α-hetero) is 1. The van der Waals surface area contributed by atoms with E-state index in [1.54, 1.807) is 52.0 Å². The van der Waals surface area contributed by atoms with Crippen LogP contribution in [0.25, 0.3) is 0 Å². The van der Waals surface area contributed by atoms with E-state index in [9.17, 15) is 14.4 Å². The van der Waals surface area contributed by atoms with Crippen molar-refractivity contribution in [2.75, 3.05) is 6.61 Å². The van der Waals surface area contributed by atoms with Crippen molar-refractivity contribution in [2.45, 2.75) is 58.6 Å². The zero-order valence-electron chi connectivity index (χ0n) is 15.8. The molecule has 1 aliphatic rings. The van der Waals surface area contributed by atoms with Crippen LogP contribution in [0, 0.1) is 5.41 Å². The molecule has 0 bridgehead atoms. The Hall–Kier alpha value is -2.37. The molecule has 6 heteroatoms. The molecule has 0 spiro atoms. The molecule has 6 nitrogen and oxygen atoms in total. The van der Waals surface area contributed by atoms with Crippen LogP contribution in [0.4, 0.5) is 4.79 Å². The molecule has 26 heavy (non-hydrogen) atoms. The van der Waals surface area contributed by atoms with Crippen LogP contribution in [0.1, 0.15) is 58.6 Å². The van der Waals surface area contributed by atoms with Gasteiger partial charge in [0.2, 0.25) is 0 Å². The van der Waals surface area contributed by atoms with E-state index in [0.717, 1.165) is 0 Å². The first-order chi connectivity index (χ1) is 12.2. The summed E-state index contributed by atoms with van der Waals surface area (Å²) in [5.41, 5.74) is -1.45. The number of carbonyl (C=O) groups excluding carboxylic acids is 3. The summed E-state index contributed by atoms with van der Waals surface area (Å²) in [6.45, 7) is 7.13. The Morgan fingerprint density at radius 3 is 2.38 bits per heavy atom. The maximum absolute atomic E-state index is 12.8. The van der Waals surface area contributed by atoms with Crippen LogP contribution in [0.3, 0.4) is 0 Å². The molecule has 1 aliphatic carbocycles. The van der Waals surface area contributed by atoms with E-state index >= 15 is 0 Å². The highest BCUT2D eigenvalue weighted by Crippen LogP contribution is 2.46. The van der Waals surface area contributed by atoms with Gasteiger partial charge in [0.1, 0.15) is 5.60 Å². The lowest BCUT2D eigenvalue weighted by Gasteiger charge is -2.35. The molecule has 0 unspecified atom stereocenters. The summed E-state index contributed by atoms with van der Waals surface area (Å²) in [6.07, 6.45) is 0.532. The Balaban J connectivity index is 2.45. The van der Waals surface area contributed by atoms with Crippen LogP contribution >= 0.6 is 0 Å². The Morgan fingerprint density at radius 1 is 1.23 bits per heavy atom. The van der Waals surface area contributed by atoms with Crippen LogP contribution in [-0.4, -0.2) is 30.1 Å². The van der Waals surface area contributed by atoms with Crippen molar-refractivity contribution in [3.63, 3.8) is 0 Å². The van der Waals surface area contributed by atoms with Gasteiger partial charge in [-0.2, -0.15) is 0 Å². The molecule has 1 amide bonds. The lowest BCUT2D eigenvalue weighted by molar-refractivity contribution is -0.161. The zero-order chi connectivity index (χ0) is 19.4. The van der Waals surface area contributed by atoms with E-state index < -0.39 is 29.1 Å². The summed E-state index contributed by atoms with van der Waals surface area (Å²) in [7, 11) is 0. The van der Waals surface area contributed by atoms with Crippen molar-refractivity contribution in [1.29, 1.82) is 0 Å². The number of benzene rings is 1. The van der Waals surface area contributed by atoms with Crippen LogP contribution in [0.15, 0.2) is 30.3 Å². The van der Waals surface area contributed by atoms with Crippen molar-refractivity contribution >= 4 is 17.8 Å². The largest absolute Gasteiger partial charge is 0.465 e. The van der Waals surface area contributed by atoms with E-state index in [1.165, 1.54) is 0 Å². The Labute approximate surface area is 154 Å². The molecule has 0 saturated heterocycles. The van der Waals surface area contributed by atoms with Crippen molar-refractivity contribution in [3.05, 3.63) is 35.9 Å². The first-order valence-electron chi connectivity index (χ1n) is 8.95. The molecule has 0 radical (unpaired) electrons. The highest BCUT2D eigenvalue weighted by Gasteiger charge is 2.56. The molecule has 1 N–H and O–H groups in total. The van der Waals surface area contributed by atoms with E-state index in [2.05, 4.69) is 5.32 Å². The van der Waals surface area contributed by atoms with Gasteiger partial charge in [0.05, 0.1) is 12.6 Å². The normalized spacial score (nSPS) is 21.2. The average Bonchev–Trinajstić information content (AvgIpc) is 2.94. The third kappa shape index (κ3) is 4.23. The standard InChI is InChI=1S/C20H27NO5/c1-5-25-17(23)20(13-9-12-15(20)22)16(14-10-7-6-8-11-14)21-18(24)26-19(2,3)4/h6-8,10-11,16H,5,9,12-13H2,1-4H3,(H,21,24)/t16-,20-/m0/s1. The number of esters is 1. The van der Waals surface area contributed by atoms with Gasteiger partial charge in [0.25, 0.3) is 0 Å².